The summed E-state index contributed by atoms with van der Waals surface area (Å²) in [5.41, 5.74) is 0. The molecule has 0 aromatic heterocycles. The van der Waals surface area contributed by atoms with E-state index in [2.05, 4.69) is 0 Å². The van der Waals surface area contributed by atoms with E-state index in [4.69, 9.17) is 15.4 Å². The highest BCUT2D eigenvalue weighted by atomic mass is 35.5. The van der Waals surface area contributed by atoms with Gasteiger partial charge in [0.2, 0.25) is 0 Å². The molecule has 1 aliphatic heterocycles. The number of aliphatic hydroxyl groups is 2. The van der Waals surface area contributed by atoms with Crippen molar-refractivity contribution in [1.82, 2.24) is 5.06 Å². The van der Waals surface area contributed by atoms with E-state index in [-0.39, 0.29) is 37.3 Å². The molecule has 1 saturated heterocycles. The molecule has 2 unspecified atom stereocenters. The standard InChI is InChI=1S/C5H11NO3.2ClH/c7-3-4-1-2-6(9)5(4)8;;/h4-5,7-9H,1-3H2;2*1H. The van der Waals surface area contributed by atoms with Crippen LogP contribution in [0.3, 0.4) is 0 Å². The molecule has 4 nitrogen and oxygen atoms in total. The molecule has 6 heteroatoms. The van der Waals surface area contributed by atoms with Crippen LogP contribution in [0, 0.1) is 5.92 Å². The van der Waals surface area contributed by atoms with Crippen molar-refractivity contribution in [3.63, 3.8) is 0 Å². The third-order valence-electron chi connectivity index (χ3n) is 1.69. The van der Waals surface area contributed by atoms with E-state index < -0.39 is 6.23 Å². The number of hydrogen-bond donors (Lipinski definition) is 3. The smallest absolute Gasteiger partial charge is 0.134 e. The van der Waals surface area contributed by atoms with Gasteiger partial charge in [-0.15, -0.1) is 24.8 Å². The van der Waals surface area contributed by atoms with Crippen LogP contribution in [0.15, 0.2) is 0 Å². The average Bonchev–Trinajstić information content (AvgIpc) is 2.15. The summed E-state index contributed by atoms with van der Waals surface area (Å²) in [6, 6.07) is 0. The second-order valence-corrected chi connectivity index (χ2v) is 2.31. The molecule has 0 aromatic rings. The molecule has 11 heavy (non-hydrogen) atoms. The van der Waals surface area contributed by atoms with Gasteiger partial charge in [-0.25, -0.2) is 0 Å². The van der Waals surface area contributed by atoms with Gasteiger partial charge < -0.3 is 15.4 Å². The first-order valence-electron chi connectivity index (χ1n) is 3.00. The highest BCUT2D eigenvalue weighted by molar-refractivity contribution is 5.85. The number of halogens is 2. The lowest BCUT2D eigenvalue weighted by atomic mass is 10.1. The van der Waals surface area contributed by atoms with Crippen LogP contribution in [0.2, 0.25) is 0 Å². The van der Waals surface area contributed by atoms with Crippen molar-refractivity contribution < 1.29 is 15.4 Å². The van der Waals surface area contributed by atoms with E-state index in [9.17, 15) is 0 Å². The van der Waals surface area contributed by atoms with Gasteiger partial charge in [0.25, 0.3) is 0 Å². The van der Waals surface area contributed by atoms with Gasteiger partial charge in [-0.3, -0.25) is 0 Å². The zero-order valence-corrected chi connectivity index (χ0v) is 7.51. The number of rotatable bonds is 1. The Balaban J connectivity index is 0. The molecule has 0 spiro atoms. The van der Waals surface area contributed by atoms with E-state index in [1.807, 2.05) is 0 Å². The topological polar surface area (TPSA) is 63.9 Å². The van der Waals surface area contributed by atoms with Gasteiger partial charge >= 0.3 is 0 Å². The van der Waals surface area contributed by atoms with Crippen molar-refractivity contribution in [3.8, 4) is 0 Å². The first kappa shape index (κ1) is 14.0. The minimum atomic E-state index is -0.866. The van der Waals surface area contributed by atoms with Gasteiger partial charge in [-0.05, 0) is 6.42 Å². The van der Waals surface area contributed by atoms with Crippen LogP contribution in [-0.2, 0) is 0 Å². The van der Waals surface area contributed by atoms with Crippen molar-refractivity contribution in [2.45, 2.75) is 12.6 Å². The van der Waals surface area contributed by atoms with Gasteiger partial charge in [-0.2, -0.15) is 5.06 Å². The maximum Gasteiger partial charge on any atom is 0.134 e. The van der Waals surface area contributed by atoms with Crippen molar-refractivity contribution in [2.24, 2.45) is 5.92 Å². The normalized spacial score (nSPS) is 30.8. The van der Waals surface area contributed by atoms with E-state index in [0.717, 1.165) is 5.06 Å². The van der Waals surface area contributed by atoms with Crippen LogP contribution in [-0.4, -0.2) is 39.9 Å². The molecule has 2 atom stereocenters. The van der Waals surface area contributed by atoms with Crippen LogP contribution in [0.25, 0.3) is 0 Å². The number of hydroxylamine groups is 2. The van der Waals surface area contributed by atoms with E-state index in [1.54, 1.807) is 0 Å². The Bertz CT molecular complexity index is 106. The summed E-state index contributed by atoms with van der Waals surface area (Å²) < 4.78 is 0. The zero-order chi connectivity index (χ0) is 6.85. The van der Waals surface area contributed by atoms with E-state index >= 15 is 0 Å². The lowest BCUT2D eigenvalue weighted by Crippen LogP contribution is -2.30. The quantitative estimate of drug-likeness (QED) is 0.558. The number of hydrogen-bond acceptors (Lipinski definition) is 4. The van der Waals surface area contributed by atoms with Crippen LogP contribution < -0.4 is 0 Å². The largest absolute Gasteiger partial charge is 0.396 e. The van der Waals surface area contributed by atoms with E-state index in [1.165, 1.54) is 0 Å². The van der Waals surface area contributed by atoms with Gasteiger partial charge in [0.1, 0.15) is 6.23 Å². The van der Waals surface area contributed by atoms with Crippen molar-refractivity contribution in [1.29, 1.82) is 0 Å². The Morgan fingerprint density at radius 2 is 1.91 bits per heavy atom. The fourth-order valence-corrected chi connectivity index (χ4v) is 1.01. The summed E-state index contributed by atoms with van der Waals surface area (Å²) in [4.78, 5) is 0. The van der Waals surface area contributed by atoms with Crippen LogP contribution in [0.5, 0.6) is 0 Å². The van der Waals surface area contributed by atoms with Crippen LogP contribution in [0.4, 0.5) is 0 Å². The molecular formula is C5H13Cl2NO3. The maximum absolute atomic E-state index is 8.97. The van der Waals surface area contributed by atoms with Crippen LogP contribution >= 0.6 is 24.8 Å². The Labute approximate surface area is 77.6 Å². The van der Waals surface area contributed by atoms with Gasteiger partial charge in [0, 0.05) is 19.1 Å². The second-order valence-electron chi connectivity index (χ2n) is 2.31. The van der Waals surface area contributed by atoms with Gasteiger partial charge in [0.05, 0.1) is 0 Å². The second kappa shape index (κ2) is 5.99. The molecule has 0 saturated carbocycles. The number of nitrogens with zero attached hydrogens (tertiary/aromatic N) is 1. The molecule has 1 fully saturated rings. The molecule has 1 aliphatic rings. The van der Waals surface area contributed by atoms with Gasteiger partial charge in [-0.1, -0.05) is 0 Å². The molecule has 0 aliphatic carbocycles. The van der Waals surface area contributed by atoms with Crippen molar-refractivity contribution in [3.05, 3.63) is 0 Å². The summed E-state index contributed by atoms with van der Waals surface area (Å²) in [6.45, 7) is 0.393. The molecule has 0 radical (unpaired) electrons. The summed E-state index contributed by atoms with van der Waals surface area (Å²) >= 11 is 0. The molecule has 0 amide bonds. The SMILES string of the molecule is Cl.Cl.OCC1CCN(O)C1O. The third kappa shape index (κ3) is 3.11. The predicted octanol–water partition coefficient (Wildman–Crippen LogP) is -0.148. The highest BCUT2D eigenvalue weighted by Gasteiger charge is 2.30. The molecular weight excluding hydrogens is 193 g/mol. The first-order chi connectivity index (χ1) is 4.25. The number of aliphatic hydroxyl groups excluding tert-OH is 2. The van der Waals surface area contributed by atoms with Crippen molar-refractivity contribution in [2.75, 3.05) is 13.2 Å². The molecule has 0 aromatic carbocycles. The van der Waals surface area contributed by atoms with Crippen molar-refractivity contribution >= 4 is 24.8 Å². The minimum absolute atomic E-state index is 0. The summed E-state index contributed by atoms with van der Waals surface area (Å²) in [6.07, 6.45) is -0.205. The first-order valence-corrected chi connectivity index (χ1v) is 3.00. The Morgan fingerprint density at radius 3 is 2.09 bits per heavy atom. The fraction of sp³-hybridized carbons (Fsp3) is 1.00. The maximum atomic E-state index is 8.97. The molecule has 3 N–H and O–H groups in total. The monoisotopic (exact) mass is 205 g/mol. The van der Waals surface area contributed by atoms with Gasteiger partial charge in [0.15, 0.2) is 0 Å². The molecule has 1 rings (SSSR count). The zero-order valence-electron chi connectivity index (χ0n) is 5.88. The Hall–Kier alpha value is 0.420. The third-order valence-corrected chi connectivity index (χ3v) is 1.69. The lowest BCUT2D eigenvalue weighted by molar-refractivity contribution is -0.184. The lowest BCUT2D eigenvalue weighted by Gasteiger charge is -2.14. The summed E-state index contributed by atoms with van der Waals surface area (Å²) in [5.74, 6) is -0.171. The summed E-state index contributed by atoms with van der Waals surface area (Å²) in [5, 5.41) is 27.1. The predicted molar refractivity (Wildman–Crippen MR) is 44.2 cm³/mol. The van der Waals surface area contributed by atoms with E-state index in [0.29, 0.717) is 13.0 Å². The van der Waals surface area contributed by atoms with Crippen LogP contribution in [0.1, 0.15) is 6.42 Å². The Morgan fingerprint density at radius 1 is 1.36 bits per heavy atom. The molecule has 0 bridgehead atoms. The Kier molecular flexibility index (Phi) is 7.61. The average molecular weight is 206 g/mol. The molecule has 70 valence electrons. The summed E-state index contributed by atoms with van der Waals surface area (Å²) in [7, 11) is 0. The molecule has 1 heterocycles. The fourth-order valence-electron chi connectivity index (χ4n) is 1.01. The highest BCUT2D eigenvalue weighted by Crippen LogP contribution is 2.18. The minimum Gasteiger partial charge on any atom is -0.396 e.